The number of nitrogens with one attached hydrogen (secondary N) is 2. The third-order valence-corrected chi connectivity index (χ3v) is 3.59. The predicted octanol–water partition coefficient (Wildman–Crippen LogP) is 2.52. The molecule has 1 unspecified atom stereocenters. The lowest BCUT2D eigenvalue weighted by Gasteiger charge is -2.21. The third-order valence-electron chi connectivity index (χ3n) is 3.59. The average molecular weight is 332 g/mol. The molecule has 24 heavy (non-hydrogen) atoms. The van der Waals surface area contributed by atoms with Crippen LogP contribution in [0.5, 0.6) is 0 Å². The minimum Gasteiger partial charge on any atom is -0.466 e. The molecule has 0 aliphatic heterocycles. The van der Waals surface area contributed by atoms with E-state index in [1.54, 1.807) is 19.1 Å². The van der Waals surface area contributed by atoms with Crippen LogP contribution in [0.2, 0.25) is 0 Å². The molecule has 3 N–H and O–H groups in total. The summed E-state index contributed by atoms with van der Waals surface area (Å²) in [6.07, 6.45) is 1.49. The minimum atomic E-state index is -1.25. The molecule has 0 aliphatic rings. The molecule has 2 amide bonds. The zero-order valence-corrected chi connectivity index (χ0v) is 14.0. The molecule has 1 atom stereocenters. The van der Waals surface area contributed by atoms with Gasteiger partial charge in [0.2, 0.25) is 0 Å². The van der Waals surface area contributed by atoms with Crippen molar-refractivity contribution in [3.63, 3.8) is 0 Å². The number of carbonyl (C=O) groups is 1. The smallest absolute Gasteiger partial charge is 0.315 e. The Morgan fingerprint density at radius 1 is 1.21 bits per heavy atom. The van der Waals surface area contributed by atoms with Crippen LogP contribution in [0.4, 0.5) is 4.79 Å². The van der Waals surface area contributed by atoms with Gasteiger partial charge in [-0.05, 0) is 37.1 Å². The lowest BCUT2D eigenvalue weighted by atomic mass is 10.0. The van der Waals surface area contributed by atoms with Gasteiger partial charge in [-0.25, -0.2) is 4.79 Å². The second kappa shape index (κ2) is 8.52. The summed E-state index contributed by atoms with van der Waals surface area (Å²) >= 11 is 0. The molecule has 0 bridgehead atoms. The first kappa shape index (κ1) is 18.0. The number of hydrogen-bond donors (Lipinski definition) is 3. The number of rotatable bonds is 8. The van der Waals surface area contributed by atoms with Crippen LogP contribution in [0.1, 0.15) is 30.7 Å². The van der Waals surface area contributed by atoms with Crippen molar-refractivity contribution in [2.24, 2.45) is 0 Å². The molecule has 2 rings (SSSR count). The number of benzene rings is 1. The SMILES string of the molecule is CCOCc1ccc(CNC(=O)NCC(C)(O)c2ccco2)cc1. The Hall–Kier alpha value is -2.31. The van der Waals surface area contributed by atoms with Gasteiger partial charge in [-0.2, -0.15) is 0 Å². The summed E-state index contributed by atoms with van der Waals surface area (Å²) in [4.78, 5) is 11.9. The molecule has 6 nitrogen and oxygen atoms in total. The topological polar surface area (TPSA) is 83.7 Å². The molecular formula is C18H24N2O4. The van der Waals surface area contributed by atoms with Crippen LogP contribution in [0.3, 0.4) is 0 Å². The molecule has 0 spiro atoms. The van der Waals surface area contributed by atoms with Crippen molar-refractivity contribution >= 4 is 6.03 Å². The van der Waals surface area contributed by atoms with E-state index in [-0.39, 0.29) is 12.6 Å². The van der Waals surface area contributed by atoms with E-state index in [1.165, 1.54) is 6.26 Å². The van der Waals surface area contributed by atoms with Gasteiger partial charge in [-0.15, -0.1) is 0 Å². The second-order valence-electron chi connectivity index (χ2n) is 5.74. The molecule has 0 saturated heterocycles. The van der Waals surface area contributed by atoms with Gasteiger partial charge in [0.05, 0.1) is 19.4 Å². The lowest BCUT2D eigenvalue weighted by Crippen LogP contribution is -2.43. The van der Waals surface area contributed by atoms with E-state index in [9.17, 15) is 9.90 Å². The highest BCUT2D eigenvalue weighted by Crippen LogP contribution is 2.19. The summed E-state index contributed by atoms with van der Waals surface area (Å²) in [6.45, 7) is 5.28. The van der Waals surface area contributed by atoms with E-state index in [1.807, 2.05) is 31.2 Å². The number of carbonyl (C=O) groups excluding carboxylic acids is 1. The fourth-order valence-corrected chi connectivity index (χ4v) is 2.14. The van der Waals surface area contributed by atoms with E-state index in [2.05, 4.69) is 10.6 Å². The number of hydrogen-bond acceptors (Lipinski definition) is 4. The summed E-state index contributed by atoms with van der Waals surface area (Å²) in [6, 6.07) is 10.9. The Bertz CT molecular complexity index is 621. The fourth-order valence-electron chi connectivity index (χ4n) is 2.14. The summed E-state index contributed by atoms with van der Waals surface area (Å²) in [7, 11) is 0. The van der Waals surface area contributed by atoms with Crippen LogP contribution in [-0.4, -0.2) is 24.3 Å². The van der Waals surface area contributed by atoms with Gasteiger partial charge in [0.25, 0.3) is 0 Å². The summed E-state index contributed by atoms with van der Waals surface area (Å²) < 4.78 is 10.5. The van der Waals surface area contributed by atoms with Crippen molar-refractivity contribution in [3.05, 3.63) is 59.5 Å². The summed E-state index contributed by atoms with van der Waals surface area (Å²) in [5.74, 6) is 0.410. The highest BCUT2D eigenvalue weighted by Gasteiger charge is 2.26. The van der Waals surface area contributed by atoms with Crippen LogP contribution >= 0.6 is 0 Å². The third kappa shape index (κ3) is 5.40. The van der Waals surface area contributed by atoms with Gasteiger partial charge < -0.3 is 24.9 Å². The molecule has 0 aliphatic carbocycles. The normalized spacial score (nSPS) is 13.3. The van der Waals surface area contributed by atoms with Crippen LogP contribution < -0.4 is 10.6 Å². The van der Waals surface area contributed by atoms with Crippen LogP contribution in [0.15, 0.2) is 47.1 Å². The zero-order chi connectivity index (χ0) is 17.4. The van der Waals surface area contributed by atoms with E-state index < -0.39 is 5.60 Å². The molecule has 1 aromatic heterocycles. The van der Waals surface area contributed by atoms with E-state index in [0.29, 0.717) is 25.5 Å². The number of ether oxygens (including phenoxy) is 1. The Kier molecular flexibility index (Phi) is 6.40. The monoisotopic (exact) mass is 332 g/mol. The van der Waals surface area contributed by atoms with E-state index in [0.717, 1.165) is 11.1 Å². The second-order valence-corrected chi connectivity index (χ2v) is 5.74. The lowest BCUT2D eigenvalue weighted by molar-refractivity contribution is 0.0367. The number of urea groups is 1. The number of amides is 2. The van der Waals surface area contributed by atoms with Crippen molar-refractivity contribution < 1.29 is 19.1 Å². The highest BCUT2D eigenvalue weighted by molar-refractivity contribution is 5.73. The van der Waals surface area contributed by atoms with Gasteiger partial charge >= 0.3 is 6.03 Å². The average Bonchev–Trinajstić information content (AvgIpc) is 3.13. The molecule has 0 fully saturated rings. The Balaban J connectivity index is 1.75. The Morgan fingerprint density at radius 3 is 2.54 bits per heavy atom. The number of aliphatic hydroxyl groups is 1. The fraction of sp³-hybridized carbons (Fsp3) is 0.389. The summed E-state index contributed by atoms with van der Waals surface area (Å²) in [5.41, 5.74) is 0.838. The van der Waals surface area contributed by atoms with Gasteiger partial charge in [-0.1, -0.05) is 24.3 Å². The van der Waals surface area contributed by atoms with Crippen molar-refractivity contribution in [2.75, 3.05) is 13.2 Å². The maximum absolute atomic E-state index is 11.9. The first-order valence-corrected chi connectivity index (χ1v) is 7.95. The number of furan rings is 1. The van der Waals surface area contributed by atoms with Crippen LogP contribution in [-0.2, 0) is 23.5 Å². The first-order chi connectivity index (χ1) is 11.5. The molecular weight excluding hydrogens is 308 g/mol. The maximum Gasteiger partial charge on any atom is 0.315 e. The van der Waals surface area contributed by atoms with E-state index in [4.69, 9.17) is 9.15 Å². The molecule has 6 heteroatoms. The van der Waals surface area contributed by atoms with Gasteiger partial charge in [0, 0.05) is 13.2 Å². The van der Waals surface area contributed by atoms with Gasteiger partial charge in [0.1, 0.15) is 11.4 Å². The van der Waals surface area contributed by atoms with E-state index >= 15 is 0 Å². The van der Waals surface area contributed by atoms with Crippen LogP contribution in [0.25, 0.3) is 0 Å². The minimum absolute atomic E-state index is 0.0552. The maximum atomic E-state index is 11.9. The molecule has 2 aromatic rings. The Morgan fingerprint density at radius 2 is 1.92 bits per heavy atom. The molecule has 1 heterocycles. The summed E-state index contributed by atoms with van der Waals surface area (Å²) in [5, 5.41) is 15.7. The quantitative estimate of drug-likeness (QED) is 0.693. The van der Waals surface area contributed by atoms with Crippen molar-refractivity contribution in [2.45, 2.75) is 32.6 Å². The molecule has 0 radical (unpaired) electrons. The van der Waals surface area contributed by atoms with Gasteiger partial charge in [-0.3, -0.25) is 0 Å². The Labute approximate surface area is 141 Å². The van der Waals surface area contributed by atoms with Gasteiger partial charge in [0.15, 0.2) is 0 Å². The molecule has 1 aromatic carbocycles. The largest absolute Gasteiger partial charge is 0.466 e. The van der Waals surface area contributed by atoms with Crippen molar-refractivity contribution in [1.82, 2.24) is 10.6 Å². The van der Waals surface area contributed by atoms with Crippen molar-refractivity contribution in [3.8, 4) is 0 Å². The standard InChI is InChI=1S/C18H24N2O4/c1-3-23-12-15-8-6-14(7-9-15)11-19-17(21)20-13-18(2,22)16-5-4-10-24-16/h4-10,22H,3,11-13H2,1-2H3,(H2,19,20,21). The molecule has 130 valence electrons. The van der Waals surface area contributed by atoms with Crippen LogP contribution in [0, 0.1) is 0 Å². The van der Waals surface area contributed by atoms with Crippen molar-refractivity contribution in [1.29, 1.82) is 0 Å². The molecule has 0 saturated carbocycles. The first-order valence-electron chi connectivity index (χ1n) is 7.95. The highest BCUT2D eigenvalue weighted by atomic mass is 16.5. The predicted molar refractivity (Wildman–Crippen MR) is 90.3 cm³/mol. The zero-order valence-electron chi connectivity index (χ0n) is 14.0.